The van der Waals surface area contributed by atoms with Crippen LogP contribution in [0.1, 0.15) is 25.7 Å². The molecule has 0 aliphatic heterocycles. The van der Waals surface area contributed by atoms with Gasteiger partial charge < -0.3 is 5.32 Å². The van der Waals surface area contributed by atoms with E-state index in [9.17, 15) is 17.2 Å². The van der Waals surface area contributed by atoms with Gasteiger partial charge in [-0.2, -0.15) is 8.78 Å². The van der Waals surface area contributed by atoms with Gasteiger partial charge in [0.05, 0.1) is 4.90 Å². The molecule has 1 aromatic rings. The summed E-state index contributed by atoms with van der Waals surface area (Å²) in [5.74, 6) is -0.994. The van der Waals surface area contributed by atoms with Crippen molar-refractivity contribution in [1.82, 2.24) is 0 Å². The molecule has 21 heavy (non-hydrogen) atoms. The van der Waals surface area contributed by atoms with Gasteiger partial charge in [-0.15, -0.1) is 0 Å². The summed E-state index contributed by atoms with van der Waals surface area (Å²) in [4.78, 5) is -0.330. The van der Waals surface area contributed by atoms with Gasteiger partial charge >= 0.3 is 5.76 Å². The fraction of sp³-hybridized carbons (Fsp3) is 0.600. The molecule has 0 atom stereocenters. The van der Waals surface area contributed by atoms with Crippen LogP contribution in [0.5, 0.6) is 0 Å². The average Bonchev–Trinajstić information content (AvgIpc) is 3.33. The van der Waals surface area contributed by atoms with E-state index in [0.717, 1.165) is 24.1 Å². The van der Waals surface area contributed by atoms with Gasteiger partial charge in [-0.3, -0.25) is 0 Å². The Morgan fingerprint density at radius 3 is 2.00 bits per heavy atom. The highest BCUT2D eigenvalue weighted by molar-refractivity contribution is 7.91. The van der Waals surface area contributed by atoms with E-state index < -0.39 is 15.6 Å². The number of benzene rings is 1. The summed E-state index contributed by atoms with van der Waals surface area (Å²) in [6.07, 6.45) is 5.26. The molecule has 0 saturated heterocycles. The van der Waals surface area contributed by atoms with Crippen LogP contribution in [0.2, 0.25) is 0 Å². The molecule has 3 rings (SSSR count). The number of rotatable bonds is 7. The van der Waals surface area contributed by atoms with Crippen LogP contribution in [-0.4, -0.2) is 20.7 Å². The Morgan fingerprint density at radius 1 is 1.05 bits per heavy atom. The smallest absolute Gasteiger partial charge is 0.341 e. The van der Waals surface area contributed by atoms with Crippen molar-refractivity contribution in [1.29, 1.82) is 0 Å². The molecular formula is C15H19F2NO2S. The lowest BCUT2D eigenvalue weighted by Crippen LogP contribution is -2.18. The van der Waals surface area contributed by atoms with Gasteiger partial charge in [-0.1, -0.05) is 0 Å². The molecule has 2 aliphatic rings. The van der Waals surface area contributed by atoms with Gasteiger partial charge in [-0.25, -0.2) is 8.42 Å². The summed E-state index contributed by atoms with van der Waals surface area (Å²) in [6, 6.07) is 5.61. The number of hydrogen-bond donors (Lipinski definition) is 1. The van der Waals surface area contributed by atoms with Crippen LogP contribution in [-0.2, 0) is 9.84 Å². The molecule has 1 N–H and O–H groups in total. The number of hydrogen-bond acceptors (Lipinski definition) is 3. The predicted molar refractivity (Wildman–Crippen MR) is 77.1 cm³/mol. The molecule has 0 aromatic heterocycles. The zero-order chi connectivity index (χ0) is 15.0. The van der Waals surface area contributed by atoms with Crippen LogP contribution in [0.4, 0.5) is 14.5 Å². The van der Waals surface area contributed by atoms with Gasteiger partial charge in [0, 0.05) is 12.2 Å². The van der Waals surface area contributed by atoms with E-state index in [1.807, 2.05) is 0 Å². The normalized spacial score (nSPS) is 19.2. The summed E-state index contributed by atoms with van der Waals surface area (Å²) in [7, 11) is -4.49. The SMILES string of the molecule is O=S(=O)(c1ccc(NCC(C2CC2)C2CC2)cc1)C(F)F. The highest BCUT2D eigenvalue weighted by Gasteiger charge is 2.40. The minimum Gasteiger partial charge on any atom is -0.385 e. The summed E-state index contributed by atoms with van der Waals surface area (Å²) in [5, 5.41) is 3.31. The molecule has 0 unspecified atom stereocenters. The van der Waals surface area contributed by atoms with E-state index in [2.05, 4.69) is 5.32 Å². The zero-order valence-electron chi connectivity index (χ0n) is 11.6. The maximum Gasteiger partial charge on any atom is 0.341 e. The molecule has 2 saturated carbocycles. The monoisotopic (exact) mass is 315 g/mol. The zero-order valence-corrected chi connectivity index (χ0v) is 12.5. The van der Waals surface area contributed by atoms with Gasteiger partial charge in [0.25, 0.3) is 0 Å². The lowest BCUT2D eigenvalue weighted by Gasteiger charge is -2.17. The van der Waals surface area contributed by atoms with Crippen LogP contribution in [0.3, 0.4) is 0 Å². The summed E-state index contributed by atoms with van der Waals surface area (Å²) >= 11 is 0. The van der Waals surface area contributed by atoms with Crippen molar-refractivity contribution in [2.45, 2.75) is 36.3 Å². The molecule has 6 heteroatoms. The van der Waals surface area contributed by atoms with Crippen molar-refractivity contribution < 1.29 is 17.2 Å². The highest BCUT2D eigenvalue weighted by Crippen LogP contribution is 2.49. The third kappa shape index (κ3) is 3.36. The second kappa shape index (κ2) is 5.55. The first-order chi connectivity index (χ1) is 9.98. The molecule has 116 valence electrons. The largest absolute Gasteiger partial charge is 0.385 e. The molecule has 0 radical (unpaired) electrons. The van der Waals surface area contributed by atoms with Crippen molar-refractivity contribution in [3.8, 4) is 0 Å². The molecule has 2 aliphatic carbocycles. The fourth-order valence-electron chi connectivity index (χ4n) is 2.87. The Labute approximate surface area is 123 Å². The Hall–Kier alpha value is -1.17. The maximum atomic E-state index is 12.4. The van der Waals surface area contributed by atoms with Crippen LogP contribution in [0.25, 0.3) is 0 Å². The number of anilines is 1. The highest BCUT2D eigenvalue weighted by atomic mass is 32.2. The lowest BCUT2D eigenvalue weighted by atomic mass is 9.98. The predicted octanol–water partition coefficient (Wildman–Crippen LogP) is 3.53. The Bertz CT molecular complexity index is 581. The van der Waals surface area contributed by atoms with Crippen molar-refractivity contribution in [3.63, 3.8) is 0 Å². The van der Waals surface area contributed by atoms with E-state index in [4.69, 9.17) is 0 Å². The van der Waals surface area contributed by atoms with Crippen LogP contribution in [0, 0.1) is 17.8 Å². The molecular weight excluding hydrogens is 296 g/mol. The molecule has 0 bridgehead atoms. The summed E-state index contributed by atoms with van der Waals surface area (Å²) in [5.41, 5.74) is 0.787. The van der Waals surface area contributed by atoms with Crippen LogP contribution in [0.15, 0.2) is 29.2 Å². The van der Waals surface area contributed by atoms with Crippen molar-refractivity contribution in [3.05, 3.63) is 24.3 Å². The summed E-state index contributed by atoms with van der Waals surface area (Å²) in [6.45, 7) is 0.885. The van der Waals surface area contributed by atoms with Crippen molar-refractivity contribution >= 4 is 15.5 Å². The lowest BCUT2D eigenvalue weighted by molar-refractivity contribution is 0.234. The maximum absolute atomic E-state index is 12.4. The average molecular weight is 315 g/mol. The van der Waals surface area contributed by atoms with Crippen LogP contribution >= 0.6 is 0 Å². The van der Waals surface area contributed by atoms with Crippen LogP contribution < -0.4 is 5.32 Å². The first kappa shape index (κ1) is 14.8. The van der Waals surface area contributed by atoms with E-state index in [0.29, 0.717) is 5.92 Å². The van der Waals surface area contributed by atoms with Gasteiger partial charge in [-0.05, 0) is 67.7 Å². The Balaban J connectivity index is 1.62. The van der Waals surface area contributed by atoms with Gasteiger partial charge in [0.15, 0.2) is 0 Å². The molecule has 0 amide bonds. The van der Waals surface area contributed by atoms with E-state index in [-0.39, 0.29) is 4.90 Å². The minimum absolute atomic E-state index is 0.330. The minimum atomic E-state index is -4.49. The van der Waals surface area contributed by atoms with E-state index >= 15 is 0 Å². The standard InChI is InChI=1S/C15H19F2NO2S/c16-15(17)21(19,20)13-7-5-12(6-8-13)18-9-14(10-1-2-10)11-3-4-11/h5-8,10-11,14-15,18H,1-4,9H2. The molecule has 3 nitrogen and oxygen atoms in total. The Morgan fingerprint density at radius 2 is 1.57 bits per heavy atom. The van der Waals surface area contributed by atoms with Crippen molar-refractivity contribution in [2.24, 2.45) is 17.8 Å². The summed E-state index contributed by atoms with van der Waals surface area (Å²) < 4.78 is 47.5. The van der Waals surface area contributed by atoms with Gasteiger partial charge in [0.2, 0.25) is 9.84 Å². The third-order valence-electron chi connectivity index (χ3n) is 4.41. The van der Waals surface area contributed by atoms with E-state index in [1.54, 1.807) is 12.1 Å². The first-order valence-corrected chi connectivity index (χ1v) is 8.89. The molecule has 2 fully saturated rings. The quantitative estimate of drug-likeness (QED) is 0.837. The third-order valence-corrected chi connectivity index (χ3v) is 5.81. The number of halogens is 2. The van der Waals surface area contributed by atoms with E-state index in [1.165, 1.54) is 37.8 Å². The number of nitrogens with one attached hydrogen (secondary N) is 1. The molecule has 0 heterocycles. The second-order valence-corrected chi connectivity index (χ2v) is 7.97. The molecule has 1 aromatic carbocycles. The number of sulfone groups is 1. The second-order valence-electron chi connectivity index (χ2n) is 6.05. The topological polar surface area (TPSA) is 46.2 Å². The Kier molecular flexibility index (Phi) is 3.90. The first-order valence-electron chi connectivity index (χ1n) is 7.34. The van der Waals surface area contributed by atoms with Crippen molar-refractivity contribution in [2.75, 3.05) is 11.9 Å². The van der Waals surface area contributed by atoms with Gasteiger partial charge in [0.1, 0.15) is 0 Å². The number of alkyl halides is 2. The fourth-order valence-corrected chi connectivity index (χ4v) is 3.59. The molecule has 0 spiro atoms.